The molecule has 2 nitrogen and oxygen atoms in total. The average molecular weight is 201 g/mol. The van der Waals surface area contributed by atoms with Crippen molar-refractivity contribution in [3.05, 3.63) is 0 Å². The van der Waals surface area contributed by atoms with Gasteiger partial charge in [-0.15, -0.1) is 0 Å². The third-order valence-electron chi connectivity index (χ3n) is 3.12. The SMILES string of the molecule is CC1CCN(CC2CC2)CCS1=O. The third kappa shape index (κ3) is 2.78. The molecule has 3 heteroatoms. The van der Waals surface area contributed by atoms with E-state index in [1.807, 2.05) is 0 Å². The van der Waals surface area contributed by atoms with Gasteiger partial charge in [0.15, 0.2) is 0 Å². The maximum atomic E-state index is 11.5. The van der Waals surface area contributed by atoms with E-state index in [1.165, 1.54) is 25.9 Å². The molecule has 2 aliphatic rings. The zero-order chi connectivity index (χ0) is 9.26. The van der Waals surface area contributed by atoms with Gasteiger partial charge in [0.2, 0.25) is 0 Å². The van der Waals surface area contributed by atoms with Crippen molar-refractivity contribution in [2.75, 3.05) is 25.4 Å². The summed E-state index contributed by atoms with van der Waals surface area (Å²) in [6.45, 7) is 5.62. The number of hydrogen-bond acceptors (Lipinski definition) is 2. The van der Waals surface area contributed by atoms with Crippen LogP contribution in [0, 0.1) is 5.92 Å². The van der Waals surface area contributed by atoms with Gasteiger partial charge in [0.1, 0.15) is 0 Å². The van der Waals surface area contributed by atoms with Gasteiger partial charge in [-0.2, -0.15) is 0 Å². The van der Waals surface area contributed by atoms with Crippen molar-refractivity contribution >= 4 is 10.8 Å². The van der Waals surface area contributed by atoms with Crippen molar-refractivity contribution in [2.24, 2.45) is 5.92 Å². The molecule has 13 heavy (non-hydrogen) atoms. The molecule has 1 aliphatic heterocycles. The molecule has 76 valence electrons. The van der Waals surface area contributed by atoms with Crippen LogP contribution in [0.3, 0.4) is 0 Å². The Morgan fingerprint density at radius 1 is 1.31 bits per heavy atom. The minimum absolute atomic E-state index is 0.421. The van der Waals surface area contributed by atoms with Crippen LogP contribution in [0.5, 0.6) is 0 Å². The van der Waals surface area contributed by atoms with Gasteiger partial charge in [-0.3, -0.25) is 4.21 Å². The second-order valence-electron chi connectivity index (χ2n) is 4.43. The van der Waals surface area contributed by atoms with Crippen LogP contribution in [0.15, 0.2) is 0 Å². The summed E-state index contributed by atoms with van der Waals surface area (Å²) in [7, 11) is -0.559. The van der Waals surface area contributed by atoms with E-state index in [0.717, 1.165) is 24.6 Å². The largest absolute Gasteiger partial charge is 0.302 e. The summed E-state index contributed by atoms with van der Waals surface area (Å²) in [6, 6.07) is 0. The van der Waals surface area contributed by atoms with Gasteiger partial charge in [-0.25, -0.2) is 0 Å². The highest BCUT2D eigenvalue weighted by Gasteiger charge is 2.26. The summed E-state index contributed by atoms with van der Waals surface area (Å²) in [4.78, 5) is 2.51. The van der Waals surface area contributed by atoms with Crippen LogP contribution in [0.2, 0.25) is 0 Å². The topological polar surface area (TPSA) is 20.3 Å². The first kappa shape index (κ1) is 9.66. The predicted molar refractivity (Wildman–Crippen MR) is 56.3 cm³/mol. The number of rotatable bonds is 2. The molecule has 0 aromatic heterocycles. The van der Waals surface area contributed by atoms with E-state index in [9.17, 15) is 4.21 Å². The molecule has 2 rings (SSSR count). The minimum atomic E-state index is -0.559. The number of hydrogen-bond donors (Lipinski definition) is 0. The van der Waals surface area contributed by atoms with E-state index >= 15 is 0 Å². The van der Waals surface area contributed by atoms with Crippen molar-refractivity contribution in [1.82, 2.24) is 4.90 Å². The van der Waals surface area contributed by atoms with Crippen LogP contribution < -0.4 is 0 Å². The molecule has 1 aliphatic carbocycles. The molecule has 0 bridgehead atoms. The first-order valence-corrected chi connectivity index (χ1v) is 6.73. The normalized spacial score (nSPS) is 37.3. The van der Waals surface area contributed by atoms with Crippen molar-refractivity contribution in [3.63, 3.8) is 0 Å². The molecular weight excluding hydrogens is 182 g/mol. The van der Waals surface area contributed by atoms with Gasteiger partial charge in [-0.05, 0) is 31.7 Å². The average Bonchev–Trinajstić information content (AvgIpc) is 2.91. The Bertz CT molecular complexity index is 203. The molecule has 0 amide bonds. The van der Waals surface area contributed by atoms with E-state index in [-0.39, 0.29) is 0 Å². The summed E-state index contributed by atoms with van der Waals surface area (Å²) in [5, 5.41) is 0.421. The smallest absolute Gasteiger partial charge is 0.0365 e. The molecule has 0 aromatic rings. The lowest BCUT2D eigenvalue weighted by atomic mass is 10.3. The molecule has 0 N–H and O–H groups in total. The Hall–Kier alpha value is 0.110. The summed E-state index contributed by atoms with van der Waals surface area (Å²) in [6.07, 6.45) is 3.98. The quantitative estimate of drug-likeness (QED) is 0.670. The zero-order valence-electron chi connectivity index (χ0n) is 8.37. The Morgan fingerprint density at radius 3 is 2.77 bits per heavy atom. The molecule has 2 atom stereocenters. The second kappa shape index (κ2) is 4.09. The second-order valence-corrected chi connectivity index (χ2v) is 6.40. The van der Waals surface area contributed by atoms with Gasteiger partial charge in [-0.1, -0.05) is 6.92 Å². The summed E-state index contributed by atoms with van der Waals surface area (Å²) < 4.78 is 11.5. The fourth-order valence-electron chi connectivity index (χ4n) is 1.88. The molecule has 2 unspecified atom stereocenters. The monoisotopic (exact) mass is 201 g/mol. The highest BCUT2D eigenvalue weighted by Crippen LogP contribution is 2.30. The van der Waals surface area contributed by atoms with Crippen LogP contribution in [-0.2, 0) is 10.8 Å². The van der Waals surface area contributed by atoms with Gasteiger partial charge in [0.05, 0.1) is 0 Å². The molecule has 1 saturated heterocycles. The number of nitrogens with zero attached hydrogens (tertiary/aromatic N) is 1. The fourth-order valence-corrected chi connectivity index (χ4v) is 3.08. The van der Waals surface area contributed by atoms with Crippen LogP contribution in [-0.4, -0.2) is 39.7 Å². The highest BCUT2D eigenvalue weighted by molar-refractivity contribution is 7.85. The van der Waals surface area contributed by atoms with Crippen molar-refractivity contribution in [2.45, 2.75) is 31.4 Å². The first-order valence-electron chi connectivity index (χ1n) is 5.35. The lowest BCUT2D eigenvalue weighted by Crippen LogP contribution is -2.28. The zero-order valence-corrected chi connectivity index (χ0v) is 9.18. The van der Waals surface area contributed by atoms with Gasteiger partial charge >= 0.3 is 0 Å². The fraction of sp³-hybridized carbons (Fsp3) is 1.00. The van der Waals surface area contributed by atoms with Crippen molar-refractivity contribution < 1.29 is 4.21 Å². The third-order valence-corrected chi connectivity index (χ3v) is 4.84. The van der Waals surface area contributed by atoms with E-state index in [4.69, 9.17) is 0 Å². The lowest BCUT2D eigenvalue weighted by Gasteiger charge is -2.18. The Balaban J connectivity index is 1.81. The maximum Gasteiger partial charge on any atom is 0.0365 e. The lowest BCUT2D eigenvalue weighted by molar-refractivity contribution is 0.280. The molecular formula is C10H19NOS. The maximum absolute atomic E-state index is 11.5. The Morgan fingerprint density at radius 2 is 2.08 bits per heavy atom. The van der Waals surface area contributed by atoms with Crippen LogP contribution in [0.25, 0.3) is 0 Å². The van der Waals surface area contributed by atoms with E-state index < -0.39 is 10.8 Å². The molecule has 1 heterocycles. The first-order chi connectivity index (χ1) is 6.25. The molecule has 2 fully saturated rings. The van der Waals surface area contributed by atoms with E-state index in [0.29, 0.717) is 5.25 Å². The standard InChI is InChI=1S/C10H19NOS/c1-9-4-5-11(6-7-13(9)12)8-10-2-3-10/h9-10H,2-8H2,1H3. The van der Waals surface area contributed by atoms with Gasteiger partial charge in [0.25, 0.3) is 0 Å². The predicted octanol–water partition coefficient (Wildman–Crippen LogP) is 1.24. The summed E-state index contributed by atoms with van der Waals surface area (Å²) in [5.74, 6) is 1.87. The van der Waals surface area contributed by atoms with E-state index in [2.05, 4.69) is 11.8 Å². The molecule has 1 saturated carbocycles. The van der Waals surface area contributed by atoms with Gasteiger partial charge < -0.3 is 4.90 Å². The Kier molecular flexibility index (Phi) is 3.04. The van der Waals surface area contributed by atoms with Crippen molar-refractivity contribution in [3.8, 4) is 0 Å². The summed E-state index contributed by atoms with van der Waals surface area (Å²) >= 11 is 0. The minimum Gasteiger partial charge on any atom is -0.302 e. The highest BCUT2D eigenvalue weighted by atomic mass is 32.2. The van der Waals surface area contributed by atoms with Gasteiger partial charge in [0, 0.05) is 34.9 Å². The van der Waals surface area contributed by atoms with Crippen LogP contribution >= 0.6 is 0 Å². The Labute approximate surface area is 83.1 Å². The molecule has 0 radical (unpaired) electrons. The molecule has 0 aromatic carbocycles. The van der Waals surface area contributed by atoms with E-state index in [1.54, 1.807) is 0 Å². The van der Waals surface area contributed by atoms with Crippen molar-refractivity contribution in [1.29, 1.82) is 0 Å². The molecule has 0 spiro atoms. The van der Waals surface area contributed by atoms with Crippen LogP contribution in [0.4, 0.5) is 0 Å². The van der Waals surface area contributed by atoms with Crippen LogP contribution in [0.1, 0.15) is 26.2 Å². The summed E-state index contributed by atoms with van der Waals surface area (Å²) in [5.41, 5.74) is 0.